The smallest absolute Gasteiger partial charge is 0.306 e. The number of thioether (sulfide) groups is 1. The number of anilines is 1. The van der Waals surface area contributed by atoms with E-state index < -0.39 is 5.97 Å². The highest BCUT2D eigenvalue weighted by Crippen LogP contribution is 2.47. The van der Waals surface area contributed by atoms with Crippen LogP contribution in [-0.4, -0.2) is 17.6 Å². The minimum atomic E-state index is -0.709. The molecule has 0 bridgehead atoms. The fraction of sp³-hybridized carbons (Fsp3) is 0.250. The molecule has 1 aliphatic rings. The molecule has 2 aromatic carbocycles. The highest BCUT2D eigenvalue weighted by atomic mass is 79.9. The quantitative estimate of drug-likeness (QED) is 0.544. The van der Waals surface area contributed by atoms with Crippen molar-refractivity contribution in [3.05, 3.63) is 71.4 Å². The van der Waals surface area contributed by atoms with Gasteiger partial charge in [0.1, 0.15) is 7.05 Å². The van der Waals surface area contributed by atoms with Crippen LogP contribution in [0.5, 0.6) is 0 Å². The SMILES string of the molecule is CCC(CCN1C(=Cc2cc[n+](C)c3ccccc23)Sc2ccccc21)C(=O)O.[Br-]. The van der Waals surface area contributed by atoms with Crippen LogP contribution in [0.25, 0.3) is 17.0 Å². The maximum absolute atomic E-state index is 11.5. The van der Waals surface area contributed by atoms with Crippen LogP contribution in [0.2, 0.25) is 0 Å². The van der Waals surface area contributed by atoms with Gasteiger partial charge in [-0.05, 0) is 42.7 Å². The van der Waals surface area contributed by atoms with Crippen LogP contribution in [0.15, 0.2) is 70.7 Å². The molecule has 1 aromatic heterocycles. The standard InChI is InChI=1S/C24H24N2O2S.BrH/c1-3-17(24(27)28)13-15-26-21-10-6-7-11-22(21)29-23(26)16-18-12-14-25(2)20-9-5-4-8-19(18)20;/h4-12,14,16-17H,3,13,15H2,1-2H3;1H. The third-order valence-corrected chi connectivity index (χ3v) is 6.64. The summed E-state index contributed by atoms with van der Waals surface area (Å²) in [6.07, 6.45) is 5.59. The first-order valence-electron chi connectivity index (χ1n) is 9.94. The molecule has 0 aliphatic carbocycles. The second-order valence-corrected chi connectivity index (χ2v) is 8.40. The van der Waals surface area contributed by atoms with E-state index in [1.165, 1.54) is 21.4 Å². The molecule has 0 amide bonds. The van der Waals surface area contributed by atoms with Gasteiger partial charge in [-0.25, -0.2) is 4.57 Å². The van der Waals surface area contributed by atoms with Crippen molar-refractivity contribution in [2.45, 2.75) is 24.7 Å². The first-order chi connectivity index (χ1) is 14.1. The highest BCUT2D eigenvalue weighted by molar-refractivity contribution is 8.03. The number of aromatic nitrogens is 1. The Kier molecular flexibility index (Phi) is 7.21. The molecule has 0 saturated carbocycles. The van der Waals surface area contributed by atoms with Crippen molar-refractivity contribution in [2.75, 3.05) is 11.4 Å². The predicted octanol–water partition coefficient (Wildman–Crippen LogP) is 2.08. The molecule has 0 fully saturated rings. The van der Waals surface area contributed by atoms with Gasteiger partial charge in [0.2, 0.25) is 5.52 Å². The number of para-hydroxylation sites is 2. The number of aliphatic carboxylic acids is 1. The number of benzene rings is 2. The molecule has 1 N–H and O–H groups in total. The number of nitrogens with zero attached hydrogens (tertiary/aromatic N) is 2. The van der Waals surface area contributed by atoms with Crippen molar-refractivity contribution < 1.29 is 31.4 Å². The molecule has 156 valence electrons. The zero-order valence-corrected chi connectivity index (χ0v) is 19.5. The zero-order chi connectivity index (χ0) is 20.4. The van der Waals surface area contributed by atoms with Gasteiger partial charge in [0.15, 0.2) is 6.20 Å². The highest BCUT2D eigenvalue weighted by Gasteiger charge is 2.26. The monoisotopic (exact) mass is 484 g/mol. The van der Waals surface area contributed by atoms with Crippen molar-refractivity contribution >= 4 is 40.4 Å². The fourth-order valence-electron chi connectivity index (χ4n) is 3.82. The Morgan fingerprint density at radius 1 is 1.17 bits per heavy atom. The average molecular weight is 485 g/mol. The average Bonchev–Trinajstić information content (AvgIpc) is 3.08. The normalized spacial score (nSPS) is 15.1. The van der Waals surface area contributed by atoms with E-state index in [0.29, 0.717) is 19.4 Å². The molecule has 6 heteroatoms. The molecule has 4 nitrogen and oxygen atoms in total. The van der Waals surface area contributed by atoms with Crippen LogP contribution in [0.3, 0.4) is 0 Å². The lowest BCUT2D eigenvalue weighted by molar-refractivity contribution is -0.644. The van der Waals surface area contributed by atoms with E-state index >= 15 is 0 Å². The number of hydrogen-bond acceptors (Lipinski definition) is 3. The Labute approximate surface area is 192 Å². The molecule has 30 heavy (non-hydrogen) atoms. The lowest BCUT2D eigenvalue weighted by atomic mass is 10.0. The van der Waals surface area contributed by atoms with Crippen LogP contribution in [0.1, 0.15) is 25.3 Å². The first kappa shape index (κ1) is 22.4. The van der Waals surface area contributed by atoms with Gasteiger partial charge in [-0.15, -0.1) is 0 Å². The van der Waals surface area contributed by atoms with Crippen molar-refractivity contribution in [2.24, 2.45) is 13.0 Å². The van der Waals surface area contributed by atoms with Gasteiger partial charge in [-0.2, -0.15) is 0 Å². The molecular weight excluding hydrogens is 460 g/mol. The van der Waals surface area contributed by atoms with Crippen LogP contribution >= 0.6 is 11.8 Å². The summed E-state index contributed by atoms with van der Waals surface area (Å²) in [5.41, 5.74) is 3.52. The number of carboxylic acid groups (broad SMARTS) is 1. The number of carboxylic acids is 1. The topological polar surface area (TPSA) is 44.4 Å². The molecule has 1 unspecified atom stereocenters. The summed E-state index contributed by atoms with van der Waals surface area (Å²) in [6.45, 7) is 2.64. The van der Waals surface area contributed by atoms with Crippen molar-refractivity contribution in [1.82, 2.24) is 0 Å². The number of pyridine rings is 1. The minimum Gasteiger partial charge on any atom is -1.00 e. The summed E-state index contributed by atoms with van der Waals surface area (Å²) >= 11 is 1.75. The van der Waals surface area contributed by atoms with E-state index in [1.54, 1.807) is 11.8 Å². The van der Waals surface area contributed by atoms with Crippen LogP contribution in [-0.2, 0) is 11.8 Å². The van der Waals surface area contributed by atoms with E-state index in [2.05, 4.69) is 77.3 Å². The Bertz CT molecular complexity index is 1100. The van der Waals surface area contributed by atoms with Crippen LogP contribution in [0, 0.1) is 5.92 Å². The summed E-state index contributed by atoms with van der Waals surface area (Å²) in [6, 6.07) is 18.9. The van der Waals surface area contributed by atoms with Crippen LogP contribution < -0.4 is 26.4 Å². The number of hydrogen-bond donors (Lipinski definition) is 1. The van der Waals surface area contributed by atoms with E-state index in [9.17, 15) is 9.90 Å². The lowest BCUT2D eigenvalue weighted by Crippen LogP contribution is -3.00. The number of aryl methyl sites for hydroxylation is 1. The second-order valence-electron chi connectivity index (χ2n) is 7.34. The number of carbonyl (C=O) groups is 1. The summed E-state index contributed by atoms with van der Waals surface area (Å²) in [4.78, 5) is 15.0. The molecular formula is C24H25BrN2O2S. The molecule has 0 saturated heterocycles. The lowest BCUT2D eigenvalue weighted by Gasteiger charge is -2.22. The summed E-state index contributed by atoms with van der Waals surface area (Å²) < 4.78 is 2.13. The van der Waals surface area contributed by atoms with Gasteiger partial charge in [0, 0.05) is 23.6 Å². The maximum Gasteiger partial charge on any atom is 0.306 e. The number of fused-ring (bicyclic) bond motifs is 2. The third-order valence-electron chi connectivity index (χ3n) is 5.53. The maximum atomic E-state index is 11.5. The Morgan fingerprint density at radius 3 is 2.67 bits per heavy atom. The summed E-state index contributed by atoms with van der Waals surface area (Å²) in [7, 11) is 2.06. The van der Waals surface area contributed by atoms with E-state index in [1.807, 2.05) is 13.0 Å². The van der Waals surface area contributed by atoms with E-state index in [0.717, 1.165) is 10.7 Å². The van der Waals surface area contributed by atoms with Crippen molar-refractivity contribution in [1.29, 1.82) is 0 Å². The van der Waals surface area contributed by atoms with Gasteiger partial charge in [0.05, 0.1) is 22.0 Å². The van der Waals surface area contributed by atoms with Gasteiger partial charge in [0.25, 0.3) is 0 Å². The Morgan fingerprint density at radius 2 is 1.90 bits per heavy atom. The number of halogens is 1. The first-order valence-corrected chi connectivity index (χ1v) is 10.8. The van der Waals surface area contributed by atoms with Gasteiger partial charge in [-0.3, -0.25) is 4.79 Å². The molecule has 4 rings (SSSR count). The van der Waals surface area contributed by atoms with E-state index in [4.69, 9.17) is 0 Å². The fourth-order valence-corrected chi connectivity index (χ4v) is 4.96. The Balaban J connectivity index is 0.00000256. The van der Waals surface area contributed by atoms with Crippen LogP contribution in [0.4, 0.5) is 5.69 Å². The summed E-state index contributed by atoms with van der Waals surface area (Å²) in [5, 5.41) is 11.8. The molecule has 0 spiro atoms. The number of rotatable bonds is 6. The minimum absolute atomic E-state index is 0. The third kappa shape index (κ3) is 4.40. The molecule has 1 atom stereocenters. The predicted molar refractivity (Wildman–Crippen MR) is 119 cm³/mol. The molecule has 3 aromatic rings. The molecule has 2 heterocycles. The molecule has 0 radical (unpaired) electrons. The summed E-state index contributed by atoms with van der Waals surface area (Å²) in [5.74, 6) is -1.02. The molecule has 1 aliphatic heterocycles. The van der Waals surface area contributed by atoms with Crippen molar-refractivity contribution in [3.8, 4) is 0 Å². The van der Waals surface area contributed by atoms with Gasteiger partial charge >= 0.3 is 5.97 Å². The Hall–Kier alpha value is -2.31. The van der Waals surface area contributed by atoms with Crippen molar-refractivity contribution in [3.63, 3.8) is 0 Å². The van der Waals surface area contributed by atoms with Gasteiger partial charge < -0.3 is 27.0 Å². The van der Waals surface area contributed by atoms with E-state index in [-0.39, 0.29) is 22.9 Å². The zero-order valence-electron chi connectivity index (χ0n) is 17.1. The second kappa shape index (κ2) is 9.67. The largest absolute Gasteiger partial charge is 1.00 e. The van der Waals surface area contributed by atoms with Gasteiger partial charge in [-0.1, -0.05) is 43.0 Å².